The van der Waals surface area contributed by atoms with Crippen molar-refractivity contribution in [3.63, 3.8) is 0 Å². The van der Waals surface area contributed by atoms with E-state index >= 15 is 0 Å². The minimum absolute atomic E-state index is 0. The molecule has 0 aliphatic heterocycles. The zero-order valence-electron chi connectivity index (χ0n) is 6.21. The van der Waals surface area contributed by atoms with Crippen molar-refractivity contribution in [1.29, 1.82) is 0 Å². The minimum atomic E-state index is 0. The van der Waals surface area contributed by atoms with Gasteiger partial charge in [0.25, 0.3) is 0 Å². The molecular formula is C8H16O2. The van der Waals surface area contributed by atoms with Gasteiger partial charge in [-0.3, -0.25) is 0 Å². The Kier molecular flexibility index (Phi) is 38.9. The minimum Gasteiger partial charge on any atom is -0.412 e. The van der Waals surface area contributed by atoms with Gasteiger partial charge in [0.05, 0.1) is 0 Å². The van der Waals surface area contributed by atoms with E-state index in [1.165, 1.54) is 0 Å². The van der Waals surface area contributed by atoms with Crippen LogP contribution < -0.4 is 0 Å². The van der Waals surface area contributed by atoms with Gasteiger partial charge in [0.1, 0.15) is 0 Å². The maximum atomic E-state index is 8.00. The van der Waals surface area contributed by atoms with Gasteiger partial charge < -0.3 is 10.6 Å². The number of hydrogen-bond acceptors (Lipinski definition) is 1. The summed E-state index contributed by atoms with van der Waals surface area (Å²) in [6, 6.07) is 0. The first-order valence-electron chi connectivity index (χ1n) is 2.78. The van der Waals surface area contributed by atoms with Crippen molar-refractivity contribution in [2.24, 2.45) is 0 Å². The zero-order chi connectivity index (χ0) is 7.54. The van der Waals surface area contributed by atoms with E-state index in [0.717, 1.165) is 0 Å². The molecule has 60 valence electrons. The Balaban J connectivity index is -0.0000000910. The first-order valence-corrected chi connectivity index (χ1v) is 2.78. The summed E-state index contributed by atoms with van der Waals surface area (Å²) in [6.45, 7) is 10.3. The molecule has 2 nitrogen and oxygen atoms in total. The Bertz CT molecular complexity index is 71.3. The number of aliphatic hydroxyl groups is 1. The van der Waals surface area contributed by atoms with Gasteiger partial charge >= 0.3 is 0 Å². The predicted molar refractivity (Wildman–Crippen MR) is 45.9 cm³/mol. The van der Waals surface area contributed by atoms with E-state index in [-0.39, 0.29) is 12.1 Å². The SMILES string of the molecule is C=CC=C.C=CCCO.O. The second kappa shape index (κ2) is 24.2. The molecule has 0 bridgehead atoms. The fourth-order valence-corrected chi connectivity index (χ4v) is 0.0913. The van der Waals surface area contributed by atoms with E-state index in [0.29, 0.717) is 6.42 Å². The molecule has 0 spiro atoms. The summed E-state index contributed by atoms with van der Waals surface area (Å²) >= 11 is 0. The van der Waals surface area contributed by atoms with Crippen LogP contribution >= 0.6 is 0 Å². The van der Waals surface area contributed by atoms with Gasteiger partial charge in [-0.05, 0) is 6.42 Å². The third-order valence-corrected chi connectivity index (χ3v) is 0.500. The molecule has 0 atom stereocenters. The lowest BCUT2D eigenvalue weighted by atomic mass is 10.5. The summed E-state index contributed by atoms with van der Waals surface area (Å²) in [4.78, 5) is 0. The fraction of sp³-hybridized carbons (Fsp3) is 0.250. The number of allylic oxidation sites excluding steroid dienone is 2. The molecule has 0 aliphatic rings. The molecule has 0 amide bonds. The van der Waals surface area contributed by atoms with Gasteiger partial charge in [-0.15, -0.1) is 6.58 Å². The van der Waals surface area contributed by atoms with Crippen LogP contribution in [-0.2, 0) is 0 Å². The van der Waals surface area contributed by atoms with E-state index in [1.54, 1.807) is 18.2 Å². The second-order valence-electron chi connectivity index (χ2n) is 1.27. The van der Waals surface area contributed by atoms with Gasteiger partial charge in [0.15, 0.2) is 0 Å². The molecule has 0 radical (unpaired) electrons. The molecule has 0 rings (SSSR count). The van der Waals surface area contributed by atoms with Gasteiger partial charge in [-0.2, -0.15) is 0 Å². The predicted octanol–water partition coefficient (Wildman–Crippen LogP) is 1.09. The largest absolute Gasteiger partial charge is 0.412 e. The highest BCUT2D eigenvalue weighted by Crippen LogP contribution is 1.69. The van der Waals surface area contributed by atoms with Crippen molar-refractivity contribution in [3.8, 4) is 0 Å². The summed E-state index contributed by atoms with van der Waals surface area (Å²) in [7, 11) is 0. The van der Waals surface area contributed by atoms with Gasteiger partial charge in [0.2, 0.25) is 0 Å². The average molecular weight is 144 g/mol. The van der Waals surface area contributed by atoms with Crippen LogP contribution in [0.25, 0.3) is 0 Å². The molecule has 0 aliphatic carbocycles. The first kappa shape index (κ1) is 16.1. The Morgan fingerprint density at radius 2 is 1.50 bits per heavy atom. The maximum absolute atomic E-state index is 8.00. The molecule has 0 unspecified atom stereocenters. The van der Waals surface area contributed by atoms with Crippen LogP contribution in [0.3, 0.4) is 0 Å². The lowest BCUT2D eigenvalue weighted by molar-refractivity contribution is 0.303. The van der Waals surface area contributed by atoms with Gasteiger partial charge in [-0.1, -0.05) is 31.4 Å². The number of hydrogen-bond donors (Lipinski definition) is 1. The molecular weight excluding hydrogens is 128 g/mol. The van der Waals surface area contributed by atoms with E-state index in [4.69, 9.17) is 5.11 Å². The van der Waals surface area contributed by atoms with Crippen molar-refractivity contribution >= 4 is 0 Å². The van der Waals surface area contributed by atoms with E-state index in [9.17, 15) is 0 Å². The molecule has 0 aromatic heterocycles. The van der Waals surface area contributed by atoms with Crippen LogP contribution in [0.2, 0.25) is 0 Å². The van der Waals surface area contributed by atoms with Crippen molar-refractivity contribution < 1.29 is 10.6 Å². The molecule has 0 fully saturated rings. The normalized spacial score (nSPS) is 5.70. The molecule has 0 saturated carbocycles. The van der Waals surface area contributed by atoms with Crippen molar-refractivity contribution in [2.45, 2.75) is 6.42 Å². The van der Waals surface area contributed by atoms with Crippen LogP contribution in [0, 0.1) is 0 Å². The Labute approximate surface area is 62.5 Å². The highest BCUT2D eigenvalue weighted by Gasteiger charge is 1.62. The fourth-order valence-electron chi connectivity index (χ4n) is 0.0913. The number of rotatable bonds is 3. The summed E-state index contributed by atoms with van der Waals surface area (Å²) in [6.07, 6.45) is 5.67. The van der Waals surface area contributed by atoms with Crippen molar-refractivity contribution in [1.82, 2.24) is 0 Å². The molecule has 2 heteroatoms. The zero-order valence-corrected chi connectivity index (χ0v) is 6.21. The first-order chi connectivity index (χ1) is 4.33. The monoisotopic (exact) mass is 144 g/mol. The third kappa shape index (κ3) is 58.8. The van der Waals surface area contributed by atoms with E-state index in [2.05, 4.69) is 19.7 Å². The molecule has 0 aromatic carbocycles. The molecule has 0 aromatic rings. The second-order valence-corrected chi connectivity index (χ2v) is 1.27. The van der Waals surface area contributed by atoms with Crippen molar-refractivity contribution in [2.75, 3.05) is 6.61 Å². The maximum Gasteiger partial charge on any atom is 0.0465 e. The highest BCUT2D eigenvalue weighted by molar-refractivity contribution is 4.88. The standard InChI is InChI=1S/C4H8O.C4H6.H2O/c1-2-3-4-5;1-3-4-2;/h2,5H,1,3-4H2;3-4H,1-2H2;1H2. The molecule has 0 heterocycles. The summed E-state index contributed by atoms with van der Waals surface area (Å²) in [5, 5.41) is 8.00. The smallest absolute Gasteiger partial charge is 0.0465 e. The Morgan fingerprint density at radius 3 is 1.50 bits per heavy atom. The van der Waals surface area contributed by atoms with Gasteiger partial charge in [0, 0.05) is 6.61 Å². The van der Waals surface area contributed by atoms with E-state index < -0.39 is 0 Å². The van der Waals surface area contributed by atoms with Crippen LogP contribution in [0.4, 0.5) is 0 Å². The third-order valence-electron chi connectivity index (χ3n) is 0.500. The van der Waals surface area contributed by atoms with Gasteiger partial charge in [-0.25, -0.2) is 0 Å². The number of aliphatic hydroxyl groups excluding tert-OH is 1. The summed E-state index contributed by atoms with van der Waals surface area (Å²) < 4.78 is 0. The van der Waals surface area contributed by atoms with Crippen LogP contribution in [-0.4, -0.2) is 17.2 Å². The molecule has 3 N–H and O–H groups in total. The van der Waals surface area contributed by atoms with E-state index in [1.807, 2.05) is 0 Å². The van der Waals surface area contributed by atoms with Crippen LogP contribution in [0.5, 0.6) is 0 Å². The molecule has 0 saturated heterocycles. The summed E-state index contributed by atoms with van der Waals surface area (Å²) in [5.74, 6) is 0. The van der Waals surface area contributed by atoms with Crippen LogP contribution in [0.1, 0.15) is 6.42 Å². The lowest BCUT2D eigenvalue weighted by Gasteiger charge is -1.73. The Hall–Kier alpha value is -0.860. The van der Waals surface area contributed by atoms with Crippen molar-refractivity contribution in [3.05, 3.63) is 38.0 Å². The Morgan fingerprint density at radius 1 is 1.10 bits per heavy atom. The summed E-state index contributed by atoms with van der Waals surface area (Å²) in [5.41, 5.74) is 0. The highest BCUT2D eigenvalue weighted by atomic mass is 16.2. The lowest BCUT2D eigenvalue weighted by Crippen LogP contribution is -1.71. The quantitative estimate of drug-likeness (QED) is 0.468. The average Bonchev–Trinajstić information content (AvgIpc) is 1.91. The topological polar surface area (TPSA) is 51.7 Å². The molecule has 10 heavy (non-hydrogen) atoms. The van der Waals surface area contributed by atoms with Crippen LogP contribution in [0.15, 0.2) is 38.0 Å².